The Kier molecular flexibility index (Phi) is 6.10. The van der Waals surface area contributed by atoms with E-state index < -0.39 is 0 Å². The van der Waals surface area contributed by atoms with Crippen LogP contribution >= 0.6 is 0 Å². The van der Waals surface area contributed by atoms with Gasteiger partial charge in [0.05, 0.1) is 0 Å². The minimum atomic E-state index is 0.279. The van der Waals surface area contributed by atoms with Crippen LogP contribution in [0.5, 0.6) is 0 Å². The summed E-state index contributed by atoms with van der Waals surface area (Å²) >= 11 is 0. The molecule has 0 aliphatic rings. The molecule has 1 unspecified atom stereocenters. The average Bonchev–Trinajstić information content (AvgIpc) is 2.23. The lowest BCUT2D eigenvalue weighted by Gasteiger charge is -2.27. The van der Waals surface area contributed by atoms with Gasteiger partial charge in [-0.15, -0.1) is 0 Å². The molecule has 0 heterocycles. The molecule has 0 aliphatic heterocycles. The van der Waals surface area contributed by atoms with E-state index >= 15 is 0 Å². The van der Waals surface area contributed by atoms with E-state index in [4.69, 9.17) is 5.73 Å². The van der Waals surface area contributed by atoms with Crippen LogP contribution in [0.4, 0.5) is 0 Å². The minimum Gasteiger partial charge on any atom is -0.402 e. The highest BCUT2D eigenvalue weighted by Crippen LogP contribution is 2.30. The maximum absolute atomic E-state index is 6.14. The summed E-state index contributed by atoms with van der Waals surface area (Å²) < 4.78 is 0. The SMILES string of the molecule is C=C(C#CCC)/C(C)=C(/N)CC(C)C(C)(C)C. The Morgan fingerprint density at radius 1 is 1.35 bits per heavy atom. The van der Waals surface area contributed by atoms with Crippen LogP contribution in [0.25, 0.3) is 0 Å². The lowest BCUT2D eigenvalue weighted by Crippen LogP contribution is -2.20. The summed E-state index contributed by atoms with van der Waals surface area (Å²) in [5.41, 5.74) is 9.23. The van der Waals surface area contributed by atoms with Gasteiger partial charge in [0.1, 0.15) is 0 Å². The van der Waals surface area contributed by atoms with Gasteiger partial charge in [-0.3, -0.25) is 0 Å². The fourth-order valence-electron chi connectivity index (χ4n) is 1.27. The van der Waals surface area contributed by atoms with E-state index in [9.17, 15) is 0 Å². The maximum Gasteiger partial charge on any atom is 0.0219 e. The number of nitrogens with two attached hydrogens (primary N) is 1. The van der Waals surface area contributed by atoms with Crippen LogP contribution in [-0.2, 0) is 0 Å². The summed E-state index contributed by atoms with van der Waals surface area (Å²) in [6.45, 7) is 17.0. The van der Waals surface area contributed by atoms with Crippen LogP contribution < -0.4 is 5.73 Å². The zero-order chi connectivity index (χ0) is 13.6. The molecule has 0 spiro atoms. The maximum atomic E-state index is 6.14. The molecule has 1 nitrogen and oxygen atoms in total. The summed E-state index contributed by atoms with van der Waals surface area (Å²) in [5, 5.41) is 0. The van der Waals surface area contributed by atoms with Crippen LogP contribution in [-0.4, -0.2) is 0 Å². The van der Waals surface area contributed by atoms with Gasteiger partial charge in [0.15, 0.2) is 0 Å². The molecule has 0 aromatic rings. The van der Waals surface area contributed by atoms with Gasteiger partial charge in [0.2, 0.25) is 0 Å². The first kappa shape index (κ1) is 15.8. The second kappa shape index (κ2) is 6.55. The summed E-state index contributed by atoms with van der Waals surface area (Å²) in [4.78, 5) is 0. The van der Waals surface area contributed by atoms with Crippen molar-refractivity contribution in [3.05, 3.63) is 23.4 Å². The lowest BCUT2D eigenvalue weighted by atomic mass is 9.79. The molecule has 1 atom stereocenters. The summed E-state index contributed by atoms with van der Waals surface area (Å²) in [7, 11) is 0. The smallest absolute Gasteiger partial charge is 0.0219 e. The fraction of sp³-hybridized carbons (Fsp3) is 0.625. The van der Waals surface area contributed by atoms with Crippen LogP contribution in [0, 0.1) is 23.2 Å². The van der Waals surface area contributed by atoms with Crippen molar-refractivity contribution in [3.63, 3.8) is 0 Å². The van der Waals surface area contributed by atoms with E-state index in [1.165, 1.54) is 0 Å². The van der Waals surface area contributed by atoms with Crippen molar-refractivity contribution in [2.45, 2.75) is 54.4 Å². The molecule has 2 N–H and O–H groups in total. The van der Waals surface area contributed by atoms with Crippen LogP contribution in [0.15, 0.2) is 23.4 Å². The average molecular weight is 233 g/mol. The van der Waals surface area contributed by atoms with Crippen molar-refractivity contribution < 1.29 is 0 Å². The molecular formula is C16H27N. The molecular weight excluding hydrogens is 206 g/mol. The molecule has 0 saturated heterocycles. The third-order valence-electron chi connectivity index (χ3n) is 3.35. The first-order valence-electron chi connectivity index (χ1n) is 6.33. The van der Waals surface area contributed by atoms with Crippen molar-refractivity contribution in [1.29, 1.82) is 0 Å². The third-order valence-corrected chi connectivity index (χ3v) is 3.35. The zero-order valence-corrected chi connectivity index (χ0v) is 12.3. The molecule has 0 amide bonds. The second-order valence-electron chi connectivity index (χ2n) is 5.76. The van der Waals surface area contributed by atoms with Crippen molar-refractivity contribution in [1.82, 2.24) is 0 Å². The van der Waals surface area contributed by atoms with Crippen LogP contribution in [0.1, 0.15) is 54.4 Å². The third kappa shape index (κ3) is 5.63. The lowest BCUT2D eigenvalue weighted by molar-refractivity contribution is 0.259. The standard InChI is InChI=1S/C16H27N/c1-8-9-10-12(2)14(4)15(17)11-13(3)16(5,6)7/h13H,2,8,11,17H2,1,3-7H3/b15-14+. The van der Waals surface area contributed by atoms with E-state index in [1.807, 2.05) is 13.8 Å². The monoisotopic (exact) mass is 233 g/mol. The molecule has 0 rings (SSSR count). The number of hydrogen-bond donors (Lipinski definition) is 1. The van der Waals surface area contributed by atoms with Crippen molar-refractivity contribution in [2.24, 2.45) is 17.1 Å². The Morgan fingerprint density at radius 3 is 2.29 bits per heavy atom. The number of hydrogen-bond acceptors (Lipinski definition) is 1. The van der Waals surface area contributed by atoms with Gasteiger partial charge in [0.25, 0.3) is 0 Å². The highest BCUT2D eigenvalue weighted by molar-refractivity contribution is 5.44. The Bertz CT molecular complexity index is 355. The molecule has 17 heavy (non-hydrogen) atoms. The van der Waals surface area contributed by atoms with E-state index in [-0.39, 0.29) is 5.41 Å². The Hall–Kier alpha value is -1.16. The highest BCUT2D eigenvalue weighted by Gasteiger charge is 2.20. The zero-order valence-electron chi connectivity index (χ0n) is 12.3. The molecule has 0 aliphatic carbocycles. The molecule has 96 valence electrons. The molecule has 1 heteroatoms. The van der Waals surface area contributed by atoms with Gasteiger partial charge in [0, 0.05) is 17.7 Å². The Labute approximate surface area is 107 Å². The Morgan fingerprint density at radius 2 is 1.88 bits per heavy atom. The first-order valence-corrected chi connectivity index (χ1v) is 6.33. The van der Waals surface area contributed by atoms with Crippen molar-refractivity contribution in [3.8, 4) is 11.8 Å². The molecule has 0 saturated carbocycles. The van der Waals surface area contributed by atoms with E-state index in [0.29, 0.717) is 5.92 Å². The van der Waals surface area contributed by atoms with Gasteiger partial charge < -0.3 is 5.73 Å². The van der Waals surface area contributed by atoms with Gasteiger partial charge in [-0.2, -0.15) is 0 Å². The predicted octanol–water partition coefficient (Wildman–Crippen LogP) is 4.26. The van der Waals surface area contributed by atoms with E-state index in [1.54, 1.807) is 0 Å². The minimum absolute atomic E-state index is 0.279. The molecule has 0 bridgehead atoms. The van der Waals surface area contributed by atoms with E-state index in [0.717, 1.165) is 29.7 Å². The van der Waals surface area contributed by atoms with E-state index in [2.05, 4.69) is 46.1 Å². The topological polar surface area (TPSA) is 26.0 Å². The van der Waals surface area contributed by atoms with Crippen LogP contribution in [0.3, 0.4) is 0 Å². The number of allylic oxidation sites excluding steroid dienone is 3. The number of rotatable bonds is 3. The normalized spacial score (nSPS) is 14.5. The molecule has 0 radical (unpaired) electrons. The quantitative estimate of drug-likeness (QED) is 0.572. The summed E-state index contributed by atoms with van der Waals surface area (Å²) in [5.74, 6) is 6.62. The van der Waals surface area contributed by atoms with Crippen molar-refractivity contribution in [2.75, 3.05) is 0 Å². The molecule has 0 aromatic heterocycles. The van der Waals surface area contributed by atoms with Gasteiger partial charge in [-0.25, -0.2) is 0 Å². The summed E-state index contributed by atoms with van der Waals surface area (Å²) in [6, 6.07) is 0. The highest BCUT2D eigenvalue weighted by atomic mass is 14.6. The largest absolute Gasteiger partial charge is 0.402 e. The molecule has 0 aromatic carbocycles. The Balaban J connectivity index is 4.77. The van der Waals surface area contributed by atoms with Gasteiger partial charge in [-0.05, 0) is 30.3 Å². The van der Waals surface area contributed by atoms with Crippen molar-refractivity contribution >= 4 is 0 Å². The fourth-order valence-corrected chi connectivity index (χ4v) is 1.27. The predicted molar refractivity (Wildman–Crippen MR) is 77.3 cm³/mol. The van der Waals surface area contributed by atoms with Gasteiger partial charge in [-0.1, -0.05) is 53.0 Å². The second-order valence-corrected chi connectivity index (χ2v) is 5.76. The summed E-state index contributed by atoms with van der Waals surface area (Å²) in [6.07, 6.45) is 1.76. The van der Waals surface area contributed by atoms with Crippen LogP contribution in [0.2, 0.25) is 0 Å². The first-order chi connectivity index (χ1) is 7.70. The van der Waals surface area contributed by atoms with Gasteiger partial charge >= 0.3 is 0 Å². The molecule has 0 fully saturated rings.